The highest BCUT2D eigenvalue weighted by Gasteiger charge is 2.40. The molecule has 3 aromatic rings. The lowest BCUT2D eigenvalue weighted by atomic mass is 10.1. The number of anilines is 3. The van der Waals surface area contributed by atoms with Gasteiger partial charge in [0.2, 0.25) is 0 Å². The molecule has 2 N–H and O–H groups in total. The lowest BCUT2D eigenvalue weighted by Gasteiger charge is -2.17. The molecule has 0 aromatic heterocycles. The maximum Gasteiger partial charge on any atom is 0.283 e. The fraction of sp³-hybridized carbons (Fsp3) is 0.0800. The van der Waals surface area contributed by atoms with Crippen LogP contribution in [0.5, 0.6) is 11.5 Å². The zero-order valence-electron chi connectivity index (χ0n) is 18.9. The third kappa shape index (κ3) is 4.97. The molecule has 0 saturated carbocycles. The Kier molecular flexibility index (Phi) is 7.40. The van der Waals surface area contributed by atoms with Crippen LogP contribution in [0.1, 0.15) is 10.4 Å². The molecule has 0 unspecified atom stereocenters. The highest BCUT2D eigenvalue weighted by molar-refractivity contribution is 6.54. The first-order valence-electron chi connectivity index (χ1n) is 10.4. The average molecular weight is 547 g/mol. The van der Waals surface area contributed by atoms with E-state index in [1.54, 1.807) is 36.4 Å². The van der Waals surface area contributed by atoms with Gasteiger partial charge in [-0.05, 0) is 48.5 Å². The summed E-state index contributed by atoms with van der Waals surface area (Å²) in [4.78, 5) is 39.6. The number of rotatable bonds is 7. The van der Waals surface area contributed by atoms with Gasteiger partial charge in [0.25, 0.3) is 17.7 Å². The van der Waals surface area contributed by atoms with Crippen molar-refractivity contribution >= 4 is 69.6 Å². The minimum Gasteiger partial charge on any atom is -0.497 e. The monoisotopic (exact) mass is 545 g/mol. The zero-order chi connectivity index (χ0) is 26.0. The van der Waals surface area contributed by atoms with Crippen molar-refractivity contribution in [3.8, 4) is 11.5 Å². The summed E-state index contributed by atoms with van der Waals surface area (Å²) in [6, 6.07) is 15.7. The molecule has 36 heavy (non-hydrogen) atoms. The first-order chi connectivity index (χ1) is 17.2. The number of halogens is 3. The number of hydrogen-bond acceptors (Lipinski definition) is 6. The minimum absolute atomic E-state index is 0.106. The summed E-state index contributed by atoms with van der Waals surface area (Å²) in [6.07, 6.45) is 0. The smallest absolute Gasteiger partial charge is 0.283 e. The third-order valence-corrected chi connectivity index (χ3v) is 6.13. The molecule has 1 aliphatic rings. The van der Waals surface area contributed by atoms with Gasteiger partial charge >= 0.3 is 0 Å². The van der Waals surface area contributed by atoms with Crippen molar-refractivity contribution in [2.75, 3.05) is 29.8 Å². The SMILES string of the molecule is COc1ccc(OC)c(NC(=O)c2cccc(NC3=C(Cl)C(=O)N(c4cc(Cl)ccc4Cl)C3=O)c2)c1. The highest BCUT2D eigenvalue weighted by Crippen LogP contribution is 2.36. The second kappa shape index (κ2) is 10.5. The molecule has 0 fully saturated rings. The second-order valence-electron chi connectivity index (χ2n) is 7.46. The summed E-state index contributed by atoms with van der Waals surface area (Å²) in [5, 5.41) is 5.73. The third-order valence-electron chi connectivity index (χ3n) is 5.23. The minimum atomic E-state index is -0.757. The predicted molar refractivity (Wildman–Crippen MR) is 139 cm³/mol. The van der Waals surface area contributed by atoms with E-state index in [2.05, 4.69) is 10.6 Å². The van der Waals surface area contributed by atoms with Gasteiger partial charge in [0.05, 0.1) is 30.6 Å². The molecule has 1 aliphatic heterocycles. The number of amides is 3. The highest BCUT2D eigenvalue weighted by atomic mass is 35.5. The summed E-state index contributed by atoms with van der Waals surface area (Å²) in [5.74, 6) is -0.925. The van der Waals surface area contributed by atoms with Crippen LogP contribution in [0, 0.1) is 0 Å². The van der Waals surface area contributed by atoms with Crippen LogP contribution >= 0.6 is 34.8 Å². The number of carbonyl (C=O) groups excluding carboxylic acids is 3. The van der Waals surface area contributed by atoms with Crippen LogP contribution in [0.2, 0.25) is 10.0 Å². The van der Waals surface area contributed by atoms with Crippen LogP contribution < -0.4 is 25.0 Å². The Labute approximate surface area is 221 Å². The van der Waals surface area contributed by atoms with Crippen molar-refractivity contribution < 1.29 is 23.9 Å². The quantitative estimate of drug-likeness (QED) is 0.369. The fourth-order valence-corrected chi connectivity index (χ4v) is 4.06. The van der Waals surface area contributed by atoms with Gasteiger partial charge in [0.15, 0.2) is 0 Å². The Morgan fingerprint density at radius 2 is 1.67 bits per heavy atom. The number of carbonyl (C=O) groups is 3. The van der Waals surface area contributed by atoms with Gasteiger partial charge < -0.3 is 20.1 Å². The molecular weight excluding hydrogens is 529 g/mol. The molecule has 184 valence electrons. The molecule has 8 nitrogen and oxygen atoms in total. The largest absolute Gasteiger partial charge is 0.497 e. The molecule has 3 aromatic carbocycles. The van der Waals surface area contributed by atoms with Crippen molar-refractivity contribution in [3.05, 3.63) is 87.0 Å². The topological polar surface area (TPSA) is 97.0 Å². The van der Waals surface area contributed by atoms with E-state index in [9.17, 15) is 14.4 Å². The second-order valence-corrected chi connectivity index (χ2v) is 8.68. The number of imide groups is 1. The first-order valence-corrected chi connectivity index (χ1v) is 11.5. The summed E-state index contributed by atoms with van der Waals surface area (Å²) >= 11 is 18.4. The number of benzene rings is 3. The van der Waals surface area contributed by atoms with Crippen LogP contribution in [0.4, 0.5) is 17.1 Å². The van der Waals surface area contributed by atoms with Crippen molar-refractivity contribution in [3.63, 3.8) is 0 Å². The maximum absolute atomic E-state index is 13.1. The van der Waals surface area contributed by atoms with Crippen LogP contribution in [0.25, 0.3) is 0 Å². The van der Waals surface area contributed by atoms with E-state index in [0.717, 1.165) is 4.90 Å². The van der Waals surface area contributed by atoms with Crippen LogP contribution in [0.3, 0.4) is 0 Å². The van der Waals surface area contributed by atoms with Crippen molar-refractivity contribution in [1.29, 1.82) is 0 Å². The molecule has 11 heteroatoms. The number of methoxy groups -OCH3 is 2. The van der Waals surface area contributed by atoms with Crippen molar-refractivity contribution in [1.82, 2.24) is 0 Å². The van der Waals surface area contributed by atoms with Gasteiger partial charge in [-0.1, -0.05) is 40.9 Å². The normalized spacial score (nSPS) is 13.2. The Balaban J connectivity index is 1.57. The van der Waals surface area contributed by atoms with Gasteiger partial charge in [-0.3, -0.25) is 14.4 Å². The lowest BCUT2D eigenvalue weighted by Crippen LogP contribution is -2.32. The molecule has 0 spiro atoms. The standard InChI is InChI=1S/C25H18Cl3N3O5/c1-35-16-7-9-20(36-2)18(12-16)30-23(32)13-4-3-5-15(10-13)29-22-21(28)24(33)31(25(22)34)19-11-14(26)6-8-17(19)27/h3-12,29H,1-2H3,(H,30,32). The molecule has 0 bridgehead atoms. The van der Waals surface area contributed by atoms with Crippen molar-refractivity contribution in [2.24, 2.45) is 0 Å². The number of nitrogens with zero attached hydrogens (tertiary/aromatic N) is 1. The van der Waals surface area contributed by atoms with Crippen molar-refractivity contribution in [2.45, 2.75) is 0 Å². The summed E-state index contributed by atoms with van der Waals surface area (Å²) in [6.45, 7) is 0. The predicted octanol–water partition coefficient (Wildman–Crippen LogP) is 5.70. The molecule has 3 amide bonds. The van der Waals surface area contributed by atoms with Crippen LogP contribution in [-0.4, -0.2) is 31.9 Å². The summed E-state index contributed by atoms with van der Waals surface area (Å²) < 4.78 is 10.5. The van der Waals surface area contributed by atoms with E-state index in [1.165, 1.54) is 38.5 Å². The maximum atomic E-state index is 13.1. The van der Waals surface area contributed by atoms with Gasteiger partial charge in [-0.2, -0.15) is 0 Å². The van der Waals surface area contributed by atoms with E-state index >= 15 is 0 Å². The van der Waals surface area contributed by atoms with Gasteiger partial charge in [0.1, 0.15) is 22.2 Å². The molecule has 0 atom stereocenters. The Bertz CT molecular complexity index is 1420. The molecule has 4 rings (SSSR count). The zero-order valence-corrected chi connectivity index (χ0v) is 21.2. The molecular formula is C25H18Cl3N3O5. The number of nitrogens with one attached hydrogen (secondary N) is 2. The summed E-state index contributed by atoms with van der Waals surface area (Å²) in [5.41, 5.74) is 0.984. The van der Waals surface area contributed by atoms with Crippen LogP contribution in [-0.2, 0) is 9.59 Å². The molecule has 0 aliphatic carbocycles. The Morgan fingerprint density at radius 1 is 0.889 bits per heavy atom. The number of hydrogen-bond donors (Lipinski definition) is 2. The Morgan fingerprint density at radius 3 is 2.39 bits per heavy atom. The molecule has 0 saturated heterocycles. The van der Waals surface area contributed by atoms with Gasteiger partial charge in [-0.25, -0.2) is 4.90 Å². The van der Waals surface area contributed by atoms with Gasteiger partial charge in [0, 0.05) is 22.3 Å². The average Bonchev–Trinajstić information content (AvgIpc) is 3.08. The lowest BCUT2D eigenvalue weighted by molar-refractivity contribution is -0.120. The Hall–Kier alpha value is -3.72. The van der Waals surface area contributed by atoms with E-state index in [0.29, 0.717) is 27.9 Å². The summed E-state index contributed by atoms with van der Waals surface area (Å²) in [7, 11) is 3.00. The van der Waals surface area contributed by atoms with E-state index < -0.39 is 17.7 Å². The number of ether oxygens (including phenoxy) is 2. The van der Waals surface area contributed by atoms with E-state index in [-0.39, 0.29) is 27.0 Å². The molecule has 0 radical (unpaired) electrons. The van der Waals surface area contributed by atoms with Gasteiger partial charge in [-0.15, -0.1) is 0 Å². The van der Waals surface area contributed by atoms with Crippen LogP contribution in [0.15, 0.2) is 71.4 Å². The van der Waals surface area contributed by atoms with E-state index in [4.69, 9.17) is 44.3 Å². The fourth-order valence-electron chi connectivity index (χ4n) is 3.48. The van der Waals surface area contributed by atoms with E-state index in [1.807, 2.05) is 0 Å². The first kappa shape index (κ1) is 25.4. The molecule has 1 heterocycles.